The highest BCUT2D eigenvalue weighted by Crippen LogP contribution is 2.00. The van der Waals surface area contributed by atoms with Crippen LogP contribution in [0, 0.1) is 0 Å². The standard InChI is InChI=1S/C7H12N2O2/c10-7(11)5-9-6-3-1-2-4-8-6/h2,4,6,8-9H,1,3,5H2,(H,10,11). The topological polar surface area (TPSA) is 61.4 Å². The van der Waals surface area contributed by atoms with Gasteiger partial charge in [-0.3, -0.25) is 10.1 Å². The number of nitrogens with one attached hydrogen (secondary N) is 2. The average Bonchev–Trinajstić information content (AvgIpc) is 2.03. The predicted octanol–water partition coefficient (Wildman–Crippen LogP) is -0.116. The Morgan fingerprint density at radius 3 is 3.18 bits per heavy atom. The largest absolute Gasteiger partial charge is 0.480 e. The second-order valence-electron chi connectivity index (χ2n) is 2.47. The molecule has 0 saturated carbocycles. The SMILES string of the molecule is O=C(O)CNC1CCC=CN1. The summed E-state index contributed by atoms with van der Waals surface area (Å²) in [4.78, 5) is 10.1. The summed E-state index contributed by atoms with van der Waals surface area (Å²) in [7, 11) is 0. The molecule has 0 aromatic carbocycles. The highest BCUT2D eigenvalue weighted by molar-refractivity contribution is 5.69. The lowest BCUT2D eigenvalue weighted by atomic mass is 10.2. The van der Waals surface area contributed by atoms with Crippen LogP contribution in [0.15, 0.2) is 12.3 Å². The zero-order valence-corrected chi connectivity index (χ0v) is 6.21. The maximum absolute atomic E-state index is 10.1. The van der Waals surface area contributed by atoms with Crippen LogP contribution >= 0.6 is 0 Å². The third-order valence-corrected chi connectivity index (χ3v) is 1.54. The Kier molecular flexibility index (Phi) is 2.92. The number of carboxylic acids is 1. The lowest BCUT2D eigenvalue weighted by Gasteiger charge is -2.20. The normalized spacial score (nSPS) is 22.7. The monoisotopic (exact) mass is 156 g/mol. The lowest BCUT2D eigenvalue weighted by Crippen LogP contribution is -2.43. The Balaban J connectivity index is 2.16. The minimum Gasteiger partial charge on any atom is -0.480 e. The fraction of sp³-hybridized carbons (Fsp3) is 0.571. The van der Waals surface area contributed by atoms with Gasteiger partial charge in [-0.05, 0) is 19.0 Å². The molecule has 62 valence electrons. The maximum Gasteiger partial charge on any atom is 0.317 e. The smallest absolute Gasteiger partial charge is 0.317 e. The van der Waals surface area contributed by atoms with Crippen molar-refractivity contribution in [3.63, 3.8) is 0 Å². The fourth-order valence-electron chi connectivity index (χ4n) is 0.985. The molecule has 1 aliphatic heterocycles. The van der Waals surface area contributed by atoms with E-state index >= 15 is 0 Å². The van der Waals surface area contributed by atoms with Gasteiger partial charge in [-0.25, -0.2) is 0 Å². The van der Waals surface area contributed by atoms with E-state index in [1.807, 2.05) is 12.3 Å². The maximum atomic E-state index is 10.1. The number of aliphatic carboxylic acids is 1. The summed E-state index contributed by atoms with van der Waals surface area (Å²) in [5.74, 6) is -0.818. The van der Waals surface area contributed by atoms with Gasteiger partial charge in [-0.15, -0.1) is 0 Å². The van der Waals surface area contributed by atoms with Crippen molar-refractivity contribution in [1.29, 1.82) is 0 Å². The first-order valence-electron chi connectivity index (χ1n) is 3.65. The van der Waals surface area contributed by atoms with Gasteiger partial charge in [0.1, 0.15) is 0 Å². The van der Waals surface area contributed by atoms with Crippen molar-refractivity contribution in [1.82, 2.24) is 10.6 Å². The van der Waals surface area contributed by atoms with Crippen LogP contribution in [0.5, 0.6) is 0 Å². The molecule has 11 heavy (non-hydrogen) atoms. The molecule has 0 spiro atoms. The minimum atomic E-state index is -0.818. The zero-order chi connectivity index (χ0) is 8.10. The van der Waals surface area contributed by atoms with E-state index in [0.29, 0.717) is 0 Å². The highest BCUT2D eigenvalue weighted by atomic mass is 16.4. The number of carboxylic acid groups (broad SMARTS) is 1. The second-order valence-corrected chi connectivity index (χ2v) is 2.47. The van der Waals surface area contributed by atoms with E-state index in [2.05, 4.69) is 10.6 Å². The third kappa shape index (κ3) is 3.04. The Labute approximate surface area is 65.3 Å². The first kappa shape index (κ1) is 8.07. The number of carbonyl (C=O) groups is 1. The summed E-state index contributed by atoms with van der Waals surface area (Å²) in [6.07, 6.45) is 5.95. The molecule has 0 aromatic heterocycles. The van der Waals surface area contributed by atoms with Gasteiger partial charge < -0.3 is 10.4 Å². The van der Waals surface area contributed by atoms with Crippen molar-refractivity contribution in [2.45, 2.75) is 19.0 Å². The van der Waals surface area contributed by atoms with Crippen LogP contribution < -0.4 is 10.6 Å². The molecule has 0 fully saturated rings. The van der Waals surface area contributed by atoms with Crippen LogP contribution in [0.4, 0.5) is 0 Å². The Bertz CT molecular complexity index is 168. The molecule has 0 bridgehead atoms. The van der Waals surface area contributed by atoms with Crippen molar-refractivity contribution >= 4 is 5.97 Å². The van der Waals surface area contributed by atoms with Gasteiger partial charge in [0, 0.05) is 0 Å². The summed E-state index contributed by atoms with van der Waals surface area (Å²) in [6.45, 7) is 0.0194. The molecule has 4 nitrogen and oxygen atoms in total. The van der Waals surface area contributed by atoms with Gasteiger partial charge in [0.2, 0.25) is 0 Å². The van der Waals surface area contributed by atoms with Crippen molar-refractivity contribution in [3.8, 4) is 0 Å². The van der Waals surface area contributed by atoms with Crippen LogP contribution in [-0.2, 0) is 4.79 Å². The molecule has 1 aliphatic rings. The molecule has 3 N–H and O–H groups in total. The summed E-state index contributed by atoms with van der Waals surface area (Å²) in [6, 6.07) is 0. The molecular formula is C7H12N2O2. The van der Waals surface area contributed by atoms with Crippen LogP contribution in [0.2, 0.25) is 0 Å². The van der Waals surface area contributed by atoms with Gasteiger partial charge >= 0.3 is 5.97 Å². The summed E-state index contributed by atoms with van der Waals surface area (Å²) in [5.41, 5.74) is 0. The van der Waals surface area contributed by atoms with Gasteiger partial charge in [-0.1, -0.05) is 6.08 Å². The molecule has 1 unspecified atom stereocenters. The van der Waals surface area contributed by atoms with Crippen LogP contribution in [-0.4, -0.2) is 23.8 Å². The molecule has 0 aromatic rings. The number of allylic oxidation sites excluding steroid dienone is 1. The zero-order valence-electron chi connectivity index (χ0n) is 6.21. The van der Waals surface area contributed by atoms with E-state index < -0.39 is 5.97 Å². The Hall–Kier alpha value is -1.03. The molecule has 0 amide bonds. The third-order valence-electron chi connectivity index (χ3n) is 1.54. The Morgan fingerprint density at radius 2 is 2.64 bits per heavy atom. The summed E-state index contributed by atoms with van der Waals surface area (Å²) in [5, 5.41) is 14.2. The van der Waals surface area contributed by atoms with Crippen molar-refractivity contribution in [2.75, 3.05) is 6.54 Å². The van der Waals surface area contributed by atoms with Crippen LogP contribution in [0.3, 0.4) is 0 Å². The second kappa shape index (κ2) is 3.98. The van der Waals surface area contributed by atoms with Crippen molar-refractivity contribution < 1.29 is 9.90 Å². The highest BCUT2D eigenvalue weighted by Gasteiger charge is 2.08. The quantitative estimate of drug-likeness (QED) is 0.533. The Morgan fingerprint density at radius 1 is 1.82 bits per heavy atom. The average molecular weight is 156 g/mol. The lowest BCUT2D eigenvalue weighted by molar-refractivity contribution is -0.136. The van der Waals surface area contributed by atoms with E-state index in [0.717, 1.165) is 12.8 Å². The van der Waals surface area contributed by atoms with Crippen molar-refractivity contribution in [3.05, 3.63) is 12.3 Å². The van der Waals surface area contributed by atoms with Gasteiger partial charge in [0.05, 0.1) is 12.7 Å². The summed E-state index contributed by atoms with van der Waals surface area (Å²) < 4.78 is 0. The molecule has 1 atom stereocenters. The van der Waals surface area contributed by atoms with E-state index in [4.69, 9.17) is 5.11 Å². The summed E-state index contributed by atoms with van der Waals surface area (Å²) >= 11 is 0. The molecule has 1 rings (SSSR count). The van der Waals surface area contributed by atoms with Gasteiger partial charge in [-0.2, -0.15) is 0 Å². The van der Waals surface area contributed by atoms with Crippen LogP contribution in [0.1, 0.15) is 12.8 Å². The van der Waals surface area contributed by atoms with Crippen molar-refractivity contribution in [2.24, 2.45) is 0 Å². The molecule has 1 heterocycles. The molecule has 0 saturated heterocycles. The number of hydrogen-bond acceptors (Lipinski definition) is 3. The first-order valence-corrected chi connectivity index (χ1v) is 3.65. The minimum absolute atomic E-state index is 0.0194. The van der Waals surface area contributed by atoms with Gasteiger partial charge in [0.15, 0.2) is 0 Å². The van der Waals surface area contributed by atoms with E-state index in [9.17, 15) is 4.79 Å². The van der Waals surface area contributed by atoms with E-state index in [-0.39, 0.29) is 12.7 Å². The molecule has 4 heteroatoms. The molecule has 0 aliphatic carbocycles. The van der Waals surface area contributed by atoms with Crippen LogP contribution in [0.25, 0.3) is 0 Å². The van der Waals surface area contributed by atoms with Gasteiger partial charge in [0.25, 0.3) is 0 Å². The van der Waals surface area contributed by atoms with E-state index in [1.54, 1.807) is 0 Å². The predicted molar refractivity (Wildman–Crippen MR) is 40.9 cm³/mol. The molecular weight excluding hydrogens is 144 g/mol. The number of rotatable bonds is 3. The number of hydrogen-bond donors (Lipinski definition) is 3. The first-order chi connectivity index (χ1) is 5.29. The van der Waals surface area contributed by atoms with E-state index in [1.165, 1.54) is 0 Å². The fourth-order valence-corrected chi connectivity index (χ4v) is 0.985. The molecule has 0 radical (unpaired) electrons.